The van der Waals surface area contributed by atoms with Gasteiger partial charge in [0.1, 0.15) is 5.41 Å². The van der Waals surface area contributed by atoms with Crippen LogP contribution in [-0.4, -0.2) is 37.3 Å². The van der Waals surface area contributed by atoms with Gasteiger partial charge in [-0.25, -0.2) is 4.98 Å². The van der Waals surface area contributed by atoms with Gasteiger partial charge < -0.3 is 9.47 Å². The van der Waals surface area contributed by atoms with Crippen LogP contribution < -0.4 is 9.64 Å². The van der Waals surface area contributed by atoms with Crippen molar-refractivity contribution in [3.05, 3.63) is 18.3 Å². The normalized spacial score (nSPS) is 24.6. The highest BCUT2D eigenvalue weighted by Gasteiger charge is 2.54. The third-order valence-electron chi connectivity index (χ3n) is 3.31. The van der Waals surface area contributed by atoms with Crippen molar-refractivity contribution < 1.29 is 14.3 Å². The highest BCUT2D eigenvalue weighted by atomic mass is 16.5. The zero-order chi connectivity index (χ0) is 12.8. The Balaban J connectivity index is 2.01. The smallest absolute Gasteiger partial charge is 0.270 e. The molecule has 92 valence electrons. The predicted molar refractivity (Wildman–Crippen MR) is 60.9 cm³/mol. The van der Waals surface area contributed by atoms with Crippen molar-refractivity contribution in [3.8, 4) is 11.8 Å². The topological polar surface area (TPSA) is 75.5 Å². The lowest BCUT2D eigenvalue weighted by molar-refractivity contribution is -0.156. The number of hydrogen-bond acceptors (Lipinski definition) is 5. The first-order chi connectivity index (χ1) is 8.68. The Morgan fingerprint density at radius 3 is 3.00 bits per heavy atom. The summed E-state index contributed by atoms with van der Waals surface area (Å²) in [5.74, 6) is 0.740. The second kappa shape index (κ2) is 3.68. The van der Waals surface area contributed by atoms with Gasteiger partial charge in [-0.2, -0.15) is 5.26 Å². The minimum atomic E-state index is -0.876. The van der Waals surface area contributed by atoms with E-state index in [-0.39, 0.29) is 19.1 Å². The molecule has 0 N–H and O–H groups in total. The Morgan fingerprint density at radius 1 is 1.61 bits per heavy atom. The Kier molecular flexibility index (Phi) is 2.25. The molecule has 0 aromatic carbocycles. The summed E-state index contributed by atoms with van der Waals surface area (Å²) in [5, 5.41) is 9.24. The molecule has 1 aromatic heterocycles. The van der Waals surface area contributed by atoms with E-state index in [0.29, 0.717) is 11.6 Å². The molecule has 0 radical (unpaired) electrons. The minimum absolute atomic E-state index is 0.226. The molecular formula is C12H11N3O3. The second-order valence-corrected chi connectivity index (χ2v) is 4.48. The van der Waals surface area contributed by atoms with E-state index >= 15 is 0 Å². The monoisotopic (exact) mass is 245 g/mol. The molecule has 2 aliphatic rings. The first kappa shape index (κ1) is 11.0. The average molecular weight is 245 g/mol. The number of pyridine rings is 1. The fourth-order valence-corrected chi connectivity index (χ4v) is 2.13. The van der Waals surface area contributed by atoms with Gasteiger partial charge in [0, 0.05) is 13.2 Å². The van der Waals surface area contributed by atoms with E-state index in [1.54, 1.807) is 25.4 Å². The summed E-state index contributed by atoms with van der Waals surface area (Å²) in [7, 11) is 1.63. The number of likely N-dealkylation sites (N-methyl/N-ethyl adjacent to an activating group) is 1. The Hall–Kier alpha value is -2.13. The highest BCUT2D eigenvalue weighted by Crippen LogP contribution is 2.40. The van der Waals surface area contributed by atoms with Crippen molar-refractivity contribution in [2.24, 2.45) is 5.41 Å². The van der Waals surface area contributed by atoms with Gasteiger partial charge in [-0.15, -0.1) is 0 Å². The molecule has 18 heavy (non-hydrogen) atoms. The van der Waals surface area contributed by atoms with Gasteiger partial charge in [-0.1, -0.05) is 0 Å². The van der Waals surface area contributed by atoms with Crippen LogP contribution in [0.1, 0.15) is 0 Å². The molecule has 6 nitrogen and oxygen atoms in total. The Bertz CT molecular complexity index is 548. The van der Waals surface area contributed by atoms with Crippen LogP contribution in [0.3, 0.4) is 0 Å². The third kappa shape index (κ3) is 1.31. The van der Waals surface area contributed by atoms with Crippen LogP contribution in [0.25, 0.3) is 0 Å². The van der Waals surface area contributed by atoms with E-state index in [1.165, 1.54) is 4.90 Å². The number of ether oxygens (including phenoxy) is 2. The molecule has 1 aromatic rings. The van der Waals surface area contributed by atoms with E-state index < -0.39 is 11.5 Å². The SMILES string of the molecule is CN1C(=O)C(C2(C#N)COC2)Oc2cccnc21. The van der Waals surface area contributed by atoms with E-state index in [0.717, 1.165) is 0 Å². The van der Waals surface area contributed by atoms with Gasteiger partial charge in [-0.05, 0) is 12.1 Å². The predicted octanol–water partition coefficient (Wildman–Crippen LogP) is 0.346. The zero-order valence-electron chi connectivity index (χ0n) is 9.79. The highest BCUT2D eigenvalue weighted by molar-refractivity contribution is 5.99. The number of carbonyl (C=O) groups excluding carboxylic acids is 1. The molecule has 0 aliphatic carbocycles. The van der Waals surface area contributed by atoms with Gasteiger partial charge in [0.15, 0.2) is 11.6 Å². The number of anilines is 1. The van der Waals surface area contributed by atoms with Crippen molar-refractivity contribution >= 4 is 11.7 Å². The molecule has 1 unspecified atom stereocenters. The van der Waals surface area contributed by atoms with Gasteiger partial charge >= 0.3 is 0 Å². The fourth-order valence-electron chi connectivity index (χ4n) is 2.13. The molecule has 0 spiro atoms. The van der Waals surface area contributed by atoms with Crippen molar-refractivity contribution in [1.29, 1.82) is 5.26 Å². The van der Waals surface area contributed by atoms with Gasteiger partial charge in [-0.3, -0.25) is 9.69 Å². The van der Waals surface area contributed by atoms with E-state index in [4.69, 9.17) is 9.47 Å². The summed E-state index contributed by atoms with van der Waals surface area (Å²) in [6.07, 6.45) is 0.775. The number of nitriles is 1. The quantitative estimate of drug-likeness (QED) is 0.713. The standard InChI is InChI=1S/C12H11N3O3/c1-15-10-8(3-2-4-14-10)18-9(11(15)16)12(5-13)6-17-7-12/h2-4,9H,6-7H2,1H3. The number of aromatic nitrogens is 1. The van der Waals surface area contributed by atoms with Crippen molar-refractivity contribution in [3.63, 3.8) is 0 Å². The zero-order valence-corrected chi connectivity index (χ0v) is 9.79. The molecule has 0 saturated carbocycles. The van der Waals surface area contributed by atoms with Crippen LogP contribution in [0.4, 0.5) is 5.82 Å². The molecule has 1 atom stereocenters. The number of amides is 1. The van der Waals surface area contributed by atoms with E-state index in [9.17, 15) is 10.1 Å². The molecule has 0 bridgehead atoms. The molecule has 1 fully saturated rings. The summed E-state index contributed by atoms with van der Waals surface area (Å²) in [4.78, 5) is 17.8. The molecule has 1 saturated heterocycles. The lowest BCUT2D eigenvalue weighted by atomic mass is 9.80. The van der Waals surface area contributed by atoms with Crippen LogP contribution >= 0.6 is 0 Å². The molecule has 3 rings (SSSR count). The summed E-state index contributed by atoms with van der Waals surface area (Å²) in [5.41, 5.74) is -0.876. The summed E-state index contributed by atoms with van der Waals surface area (Å²) in [6, 6.07) is 5.62. The van der Waals surface area contributed by atoms with E-state index in [1.807, 2.05) is 0 Å². The summed E-state index contributed by atoms with van der Waals surface area (Å²) in [6.45, 7) is 0.451. The second-order valence-electron chi connectivity index (χ2n) is 4.48. The molecule has 3 heterocycles. The van der Waals surface area contributed by atoms with Crippen molar-refractivity contribution in [1.82, 2.24) is 4.98 Å². The maximum atomic E-state index is 12.2. The Morgan fingerprint density at radius 2 is 2.39 bits per heavy atom. The maximum Gasteiger partial charge on any atom is 0.270 e. The maximum absolute atomic E-state index is 12.2. The number of carbonyl (C=O) groups is 1. The Labute approximate surface area is 104 Å². The van der Waals surface area contributed by atoms with Gasteiger partial charge in [0.2, 0.25) is 6.10 Å². The average Bonchev–Trinajstić information content (AvgIpc) is 2.35. The van der Waals surface area contributed by atoms with Crippen LogP contribution in [0, 0.1) is 16.7 Å². The van der Waals surface area contributed by atoms with Crippen LogP contribution in [0.15, 0.2) is 18.3 Å². The number of hydrogen-bond donors (Lipinski definition) is 0. The first-order valence-electron chi connectivity index (χ1n) is 5.56. The summed E-state index contributed by atoms with van der Waals surface area (Å²) >= 11 is 0. The lowest BCUT2D eigenvalue weighted by Crippen LogP contribution is -2.60. The molecule has 2 aliphatic heterocycles. The molecule has 6 heteroatoms. The van der Waals surface area contributed by atoms with Crippen LogP contribution in [0.5, 0.6) is 5.75 Å². The summed E-state index contributed by atoms with van der Waals surface area (Å²) < 4.78 is 10.7. The number of fused-ring (bicyclic) bond motifs is 1. The number of rotatable bonds is 1. The lowest BCUT2D eigenvalue weighted by Gasteiger charge is -2.43. The van der Waals surface area contributed by atoms with Crippen molar-refractivity contribution in [2.45, 2.75) is 6.10 Å². The molecule has 1 amide bonds. The van der Waals surface area contributed by atoms with E-state index in [2.05, 4.69) is 11.1 Å². The largest absolute Gasteiger partial charge is 0.475 e. The van der Waals surface area contributed by atoms with Gasteiger partial charge in [0.05, 0.1) is 19.3 Å². The van der Waals surface area contributed by atoms with Crippen LogP contribution in [-0.2, 0) is 9.53 Å². The number of nitrogens with zero attached hydrogens (tertiary/aromatic N) is 3. The van der Waals surface area contributed by atoms with Crippen molar-refractivity contribution in [2.75, 3.05) is 25.2 Å². The van der Waals surface area contributed by atoms with Gasteiger partial charge in [0.25, 0.3) is 5.91 Å². The van der Waals surface area contributed by atoms with Crippen LogP contribution in [0.2, 0.25) is 0 Å². The minimum Gasteiger partial charge on any atom is -0.475 e. The molecular weight excluding hydrogens is 234 g/mol. The third-order valence-corrected chi connectivity index (χ3v) is 3.31. The fraction of sp³-hybridized carbons (Fsp3) is 0.417. The first-order valence-corrected chi connectivity index (χ1v) is 5.56.